The molecule has 1 heteroatoms. The second-order valence-electron chi connectivity index (χ2n) is 14.0. The first-order valence-corrected chi connectivity index (χ1v) is 14.5. The van der Waals surface area contributed by atoms with E-state index in [1.54, 1.807) is 5.57 Å². The lowest BCUT2D eigenvalue weighted by Gasteiger charge is -2.62. The molecule has 0 saturated heterocycles. The zero-order valence-corrected chi connectivity index (χ0v) is 21.8. The third-order valence-corrected chi connectivity index (χ3v) is 12.0. The zero-order chi connectivity index (χ0) is 22.7. The van der Waals surface area contributed by atoms with Crippen LogP contribution >= 0.6 is 0 Å². The predicted molar refractivity (Wildman–Crippen MR) is 134 cm³/mol. The van der Waals surface area contributed by atoms with Crippen LogP contribution in [0.4, 0.5) is 0 Å². The summed E-state index contributed by atoms with van der Waals surface area (Å²) in [4.78, 5) is 12.1. The Kier molecular flexibility index (Phi) is 6.20. The molecule has 0 radical (unpaired) electrons. The highest BCUT2D eigenvalue weighted by atomic mass is 16.1. The van der Waals surface area contributed by atoms with Crippen LogP contribution in [0.3, 0.4) is 0 Å². The summed E-state index contributed by atoms with van der Waals surface area (Å²) in [6.45, 7) is 12.8. The maximum atomic E-state index is 12.1. The smallest absolute Gasteiger partial charge is 0.155 e. The normalized spacial score (nSPS) is 46.7. The lowest BCUT2D eigenvalue weighted by molar-refractivity contribution is -0.121. The van der Waals surface area contributed by atoms with Crippen molar-refractivity contribution in [2.75, 3.05) is 0 Å². The molecule has 0 amide bonds. The maximum absolute atomic E-state index is 12.1. The molecular weight excluding hydrogens is 388 g/mol. The molecule has 9 atom stereocenters. The number of hydrogen-bond donors (Lipinski definition) is 0. The first kappa shape index (κ1) is 23.2. The van der Waals surface area contributed by atoms with Crippen LogP contribution in [0.2, 0.25) is 0 Å². The van der Waals surface area contributed by atoms with Gasteiger partial charge in [-0.15, -0.1) is 0 Å². The number of ketones is 1. The van der Waals surface area contributed by atoms with E-state index >= 15 is 0 Å². The highest BCUT2D eigenvalue weighted by molar-refractivity contribution is 5.91. The lowest BCUT2D eigenvalue weighted by atomic mass is 9.43. The molecule has 0 heterocycles. The van der Waals surface area contributed by atoms with Crippen LogP contribution < -0.4 is 0 Å². The average molecular weight is 439 g/mol. The summed E-state index contributed by atoms with van der Waals surface area (Å²) >= 11 is 0. The summed E-state index contributed by atoms with van der Waals surface area (Å²) < 4.78 is 0. The van der Waals surface area contributed by atoms with Crippen molar-refractivity contribution < 1.29 is 4.79 Å². The second-order valence-corrected chi connectivity index (χ2v) is 14.0. The molecule has 0 aliphatic heterocycles. The molecule has 0 aromatic heterocycles. The number of fused-ring (bicyclic) bond motifs is 6. The van der Waals surface area contributed by atoms with E-state index in [4.69, 9.17) is 0 Å². The van der Waals surface area contributed by atoms with Gasteiger partial charge >= 0.3 is 0 Å². The molecule has 180 valence electrons. The third-order valence-electron chi connectivity index (χ3n) is 12.0. The van der Waals surface area contributed by atoms with Gasteiger partial charge in [-0.25, -0.2) is 0 Å². The van der Waals surface area contributed by atoms with Gasteiger partial charge < -0.3 is 0 Å². The summed E-state index contributed by atoms with van der Waals surface area (Å²) in [5, 5.41) is 0. The van der Waals surface area contributed by atoms with Crippen molar-refractivity contribution in [2.24, 2.45) is 58.2 Å². The molecule has 5 aliphatic carbocycles. The van der Waals surface area contributed by atoms with Crippen molar-refractivity contribution in [2.45, 2.75) is 118 Å². The van der Waals surface area contributed by atoms with E-state index in [0.29, 0.717) is 16.6 Å². The van der Waals surface area contributed by atoms with Gasteiger partial charge in [0.1, 0.15) is 0 Å². The standard InChI is InChI=1S/C31H50O/c1-20(2)7-6-8-21(3)27-13-14-28-26-12-10-24-17-23-18-25(32)11-9-22(23)19-31(24,5)29(26)15-16-30(27,28)4/h18,20-22,24,26-29H,6-17,19H2,1-5H3. The van der Waals surface area contributed by atoms with Gasteiger partial charge in [0.25, 0.3) is 0 Å². The molecule has 32 heavy (non-hydrogen) atoms. The van der Waals surface area contributed by atoms with E-state index in [2.05, 4.69) is 40.7 Å². The summed E-state index contributed by atoms with van der Waals surface area (Å²) in [5.74, 6) is 7.63. The van der Waals surface area contributed by atoms with Gasteiger partial charge in [0, 0.05) is 6.42 Å². The van der Waals surface area contributed by atoms with Gasteiger partial charge in [0.15, 0.2) is 5.78 Å². The number of allylic oxidation sites excluding steroid dienone is 2. The quantitative estimate of drug-likeness (QED) is 0.420. The van der Waals surface area contributed by atoms with E-state index < -0.39 is 0 Å². The molecule has 4 fully saturated rings. The van der Waals surface area contributed by atoms with E-state index in [-0.39, 0.29) is 0 Å². The van der Waals surface area contributed by atoms with Crippen molar-refractivity contribution in [1.29, 1.82) is 0 Å². The molecular formula is C31H50O. The monoisotopic (exact) mass is 438 g/mol. The van der Waals surface area contributed by atoms with Crippen molar-refractivity contribution in [3.63, 3.8) is 0 Å². The molecule has 0 N–H and O–H groups in total. The molecule has 0 bridgehead atoms. The van der Waals surface area contributed by atoms with Crippen molar-refractivity contribution >= 4 is 5.78 Å². The van der Waals surface area contributed by atoms with Crippen LogP contribution in [-0.4, -0.2) is 5.78 Å². The molecule has 4 saturated carbocycles. The number of hydrogen-bond acceptors (Lipinski definition) is 1. The van der Waals surface area contributed by atoms with E-state index in [0.717, 1.165) is 60.2 Å². The minimum Gasteiger partial charge on any atom is -0.295 e. The van der Waals surface area contributed by atoms with E-state index in [9.17, 15) is 4.79 Å². The highest BCUT2D eigenvalue weighted by Crippen LogP contribution is 2.69. The zero-order valence-electron chi connectivity index (χ0n) is 21.8. The fourth-order valence-corrected chi connectivity index (χ4v) is 10.4. The average Bonchev–Trinajstić information content (AvgIpc) is 3.09. The number of carbonyl (C=O) groups is 1. The van der Waals surface area contributed by atoms with Crippen LogP contribution in [0.5, 0.6) is 0 Å². The van der Waals surface area contributed by atoms with Crippen LogP contribution in [0.1, 0.15) is 118 Å². The fourth-order valence-electron chi connectivity index (χ4n) is 10.4. The van der Waals surface area contributed by atoms with Crippen molar-refractivity contribution in [3.8, 4) is 0 Å². The highest BCUT2D eigenvalue weighted by Gasteiger charge is 2.61. The lowest BCUT2D eigenvalue weighted by Crippen LogP contribution is -2.54. The summed E-state index contributed by atoms with van der Waals surface area (Å²) in [7, 11) is 0. The largest absolute Gasteiger partial charge is 0.295 e. The molecule has 1 nitrogen and oxygen atoms in total. The molecule has 5 aliphatic rings. The van der Waals surface area contributed by atoms with Crippen molar-refractivity contribution in [1.82, 2.24) is 0 Å². The molecule has 0 aromatic carbocycles. The Hall–Kier alpha value is -0.590. The minimum atomic E-state index is 0.404. The Balaban J connectivity index is 1.31. The Morgan fingerprint density at radius 3 is 2.50 bits per heavy atom. The van der Waals surface area contributed by atoms with E-state index in [1.807, 2.05) is 0 Å². The Morgan fingerprint density at radius 2 is 1.72 bits per heavy atom. The van der Waals surface area contributed by atoms with Gasteiger partial charge in [-0.05, 0) is 122 Å². The first-order valence-electron chi connectivity index (χ1n) is 14.5. The van der Waals surface area contributed by atoms with Crippen LogP contribution in [0, 0.1) is 58.2 Å². The van der Waals surface area contributed by atoms with Gasteiger partial charge in [0.2, 0.25) is 0 Å². The van der Waals surface area contributed by atoms with Crippen molar-refractivity contribution in [3.05, 3.63) is 11.6 Å². The Bertz CT molecular complexity index is 748. The SMILES string of the molecule is CC(C)CCCC(C)C1CCC2C3CCC4CC5=CC(=O)CCC5CC4(C)C3CCC12C. The number of carbonyl (C=O) groups excluding carboxylic acids is 1. The summed E-state index contributed by atoms with van der Waals surface area (Å²) in [6.07, 6.45) is 19.8. The van der Waals surface area contributed by atoms with E-state index in [1.165, 1.54) is 70.6 Å². The Morgan fingerprint density at radius 1 is 0.938 bits per heavy atom. The summed E-state index contributed by atoms with van der Waals surface area (Å²) in [6, 6.07) is 0. The van der Waals surface area contributed by atoms with Gasteiger partial charge in [-0.1, -0.05) is 59.5 Å². The van der Waals surface area contributed by atoms with Crippen LogP contribution in [0.25, 0.3) is 0 Å². The maximum Gasteiger partial charge on any atom is 0.155 e. The van der Waals surface area contributed by atoms with Crippen LogP contribution in [0.15, 0.2) is 11.6 Å². The third kappa shape index (κ3) is 3.76. The minimum absolute atomic E-state index is 0.404. The van der Waals surface area contributed by atoms with Gasteiger partial charge in [-0.3, -0.25) is 4.79 Å². The predicted octanol–water partition coefficient (Wildman–Crippen LogP) is 8.62. The first-order chi connectivity index (χ1) is 15.2. The molecule has 0 aromatic rings. The second kappa shape index (κ2) is 8.57. The van der Waals surface area contributed by atoms with Gasteiger partial charge in [0.05, 0.1) is 0 Å². The van der Waals surface area contributed by atoms with Crippen LogP contribution in [-0.2, 0) is 4.79 Å². The fraction of sp³-hybridized carbons (Fsp3) is 0.903. The summed E-state index contributed by atoms with van der Waals surface area (Å²) in [5.41, 5.74) is 2.69. The molecule has 5 rings (SSSR count). The topological polar surface area (TPSA) is 17.1 Å². The number of rotatable bonds is 5. The van der Waals surface area contributed by atoms with Gasteiger partial charge in [-0.2, -0.15) is 0 Å². The molecule has 9 unspecified atom stereocenters. The Labute approximate surface area is 198 Å². The molecule has 0 spiro atoms.